The first-order chi connectivity index (χ1) is 12.7. The highest BCUT2D eigenvalue weighted by atomic mass is 32.1. The molecule has 1 aliphatic heterocycles. The average molecular weight is 372 g/mol. The molecule has 1 fully saturated rings. The Hall–Kier alpha value is -1.99. The predicted octanol–water partition coefficient (Wildman–Crippen LogP) is 2.55. The number of aromatic nitrogens is 2. The molecule has 1 aliphatic carbocycles. The lowest BCUT2D eigenvalue weighted by Gasteiger charge is -2.32. The first kappa shape index (κ1) is 17.4. The Bertz CT molecular complexity index is 757. The highest BCUT2D eigenvalue weighted by Gasteiger charge is 2.26. The van der Waals surface area contributed by atoms with Gasteiger partial charge in [0.25, 0.3) is 5.91 Å². The molecule has 2 aliphatic rings. The number of rotatable bonds is 4. The molecule has 7 heteroatoms. The second kappa shape index (κ2) is 7.72. The summed E-state index contributed by atoms with van der Waals surface area (Å²) in [5, 5.41) is 14.3. The maximum Gasteiger partial charge on any atom is 0.261 e. The van der Waals surface area contributed by atoms with Crippen LogP contribution in [0.2, 0.25) is 0 Å². The largest absolute Gasteiger partial charge is 0.396 e. The van der Waals surface area contributed by atoms with Crippen LogP contribution in [0.3, 0.4) is 0 Å². The second-order valence-corrected chi connectivity index (χ2v) is 8.03. The van der Waals surface area contributed by atoms with E-state index in [-0.39, 0.29) is 18.6 Å². The number of thiophene rings is 1. The number of amides is 1. The van der Waals surface area contributed by atoms with Crippen molar-refractivity contribution in [3.05, 3.63) is 39.8 Å². The lowest BCUT2D eigenvalue weighted by atomic mass is 9.92. The average Bonchev–Trinajstić information content (AvgIpc) is 3.23. The lowest BCUT2D eigenvalue weighted by molar-refractivity contribution is 0.0936. The number of aliphatic hydroxyl groups excluding tert-OH is 1. The third-order valence-electron chi connectivity index (χ3n) is 5.37. The number of anilines is 1. The van der Waals surface area contributed by atoms with Crippen LogP contribution in [0.5, 0.6) is 0 Å². The van der Waals surface area contributed by atoms with Crippen molar-refractivity contribution in [2.75, 3.05) is 24.6 Å². The van der Waals surface area contributed by atoms with E-state index >= 15 is 0 Å². The van der Waals surface area contributed by atoms with Gasteiger partial charge in [0.2, 0.25) is 5.95 Å². The zero-order valence-electron chi connectivity index (χ0n) is 14.7. The van der Waals surface area contributed by atoms with E-state index in [4.69, 9.17) is 4.98 Å². The van der Waals surface area contributed by atoms with E-state index in [9.17, 15) is 9.90 Å². The Labute approximate surface area is 157 Å². The van der Waals surface area contributed by atoms with Crippen LogP contribution in [0.15, 0.2) is 23.7 Å². The van der Waals surface area contributed by atoms with Crippen LogP contribution in [0.4, 0.5) is 5.95 Å². The fourth-order valence-electron chi connectivity index (χ4n) is 3.79. The summed E-state index contributed by atoms with van der Waals surface area (Å²) in [6.45, 7) is 2.05. The zero-order valence-corrected chi connectivity index (χ0v) is 15.5. The van der Waals surface area contributed by atoms with Crippen molar-refractivity contribution >= 4 is 23.2 Å². The number of nitrogens with zero attached hydrogens (tertiary/aromatic N) is 3. The van der Waals surface area contributed by atoms with Gasteiger partial charge >= 0.3 is 0 Å². The monoisotopic (exact) mass is 372 g/mol. The van der Waals surface area contributed by atoms with Gasteiger partial charge in [-0.2, -0.15) is 0 Å². The van der Waals surface area contributed by atoms with Crippen LogP contribution in [0, 0.1) is 5.92 Å². The van der Waals surface area contributed by atoms with E-state index in [1.807, 2.05) is 23.7 Å². The quantitative estimate of drug-likeness (QED) is 0.862. The first-order valence-corrected chi connectivity index (χ1v) is 10.2. The Morgan fingerprint density at radius 3 is 2.92 bits per heavy atom. The molecule has 0 spiro atoms. The standard InChI is InChI=1S/C19H24N4O2S/c24-12-13-6-8-23(9-7-13)19-20-11-14-15(3-1-4-16(14)22-19)21-18(25)17-5-2-10-26-17/h2,5,10-11,13,15,24H,1,3-4,6-9,12H2,(H,21,25)/t15-/m0/s1. The number of piperidine rings is 1. The Balaban J connectivity index is 1.48. The van der Waals surface area contributed by atoms with Crippen molar-refractivity contribution in [1.29, 1.82) is 0 Å². The van der Waals surface area contributed by atoms with Crippen molar-refractivity contribution < 1.29 is 9.90 Å². The summed E-state index contributed by atoms with van der Waals surface area (Å²) in [6, 6.07) is 3.73. The molecular weight excluding hydrogens is 348 g/mol. The Morgan fingerprint density at radius 2 is 2.19 bits per heavy atom. The van der Waals surface area contributed by atoms with Gasteiger partial charge in [0.05, 0.1) is 16.6 Å². The smallest absolute Gasteiger partial charge is 0.261 e. The number of hydrogen-bond acceptors (Lipinski definition) is 6. The van der Waals surface area contributed by atoms with Crippen LogP contribution in [0.25, 0.3) is 0 Å². The molecule has 0 aromatic carbocycles. The first-order valence-electron chi connectivity index (χ1n) is 9.30. The molecule has 2 aromatic heterocycles. The highest BCUT2D eigenvalue weighted by molar-refractivity contribution is 7.12. The van der Waals surface area contributed by atoms with E-state index in [0.717, 1.165) is 67.3 Å². The Morgan fingerprint density at radius 1 is 1.35 bits per heavy atom. The normalized spacial score (nSPS) is 20.7. The molecule has 2 aromatic rings. The lowest BCUT2D eigenvalue weighted by Crippen LogP contribution is -2.36. The summed E-state index contributed by atoms with van der Waals surface area (Å²) in [7, 11) is 0. The molecule has 4 rings (SSSR count). The Kier molecular flexibility index (Phi) is 5.17. The minimum absolute atomic E-state index is 0.0116. The van der Waals surface area contributed by atoms with Crippen molar-refractivity contribution in [2.24, 2.45) is 5.92 Å². The van der Waals surface area contributed by atoms with Crippen LogP contribution in [0.1, 0.15) is 52.7 Å². The molecule has 1 saturated heterocycles. The number of aliphatic hydroxyl groups is 1. The molecule has 26 heavy (non-hydrogen) atoms. The van der Waals surface area contributed by atoms with E-state index in [1.54, 1.807) is 0 Å². The van der Waals surface area contributed by atoms with Gasteiger partial charge in [-0.3, -0.25) is 4.79 Å². The fourth-order valence-corrected chi connectivity index (χ4v) is 4.42. The summed E-state index contributed by atoms with van der Waals surface area (Å²) >= 11 is 1.46. The van der Waals surface area contributed by atoms with Gasteiger partial charge in [-0.15, -0.1) is 11.3 Å². The summed E-state index contributed by atoms with van der Waals surface area (Å²) in [6.07, 6.45) is 6.74. The van der Waals surface area contributed by atoms with E-state index < -0.39 is 0 Å². The summed E-state index contributed by atoms with van der Waals surface area (Å²) in [5.74, 6) is 1.17. The van der Waals surface area contributed by atoms with Crippen molar-refractivity contribution in [1.82, 2.24) is 15.3 Å². The van der Waals surface area contributed by atoms with Gasteiger partial charge in [-0.05, 0) is 49.5 Å². The fraction of sp³-hybridized carbons (Fsp3) is 0.526. The maximum atomic E-state index is 12.4. The molecule has 0 unspecified atom stereocenters. The van der Waals surface area contributed by atoms with E-state index in [2.05, 4.69) is 15.2 Å². The predicted molar refractivity (Wildman–Crippen MR) is 102 cm³/mol. The summed E-state index contributed by atoms with van der Waals surface area (Å²) < 4.78 is 0. The molecule has 138 valence electrons. The SMILES string of the molecule is O=C(N[C@H]1CCCc2nc(N3CCC(CO)CC3)ncc21)c1cccs1. The number of nitrogens with one attached hydrogen (secondary N) is 1. The third-order valence-corrected chi connectivity index (χ3v) is 6.24. The van der Waals surface area contributed by atoms with Crippen molar-refractivity contribution in [2.45, 2.75) is 38.1 Å². The number of hydrogen-bond donors (Lipinski definition) is 2. The van der Waals surface area contributed by atoms with Crippen LogP contribution < -0.4 is 10.2 Å². The van der Waals surface area contributed by atoms with Gasteiger partial charge in [0, 0.05) is 31.5 Å². The molecule has 2 N–H and O–H groups in total. The topological polar surface area (TPSA) is 78.4 Å². The van der Waals surface area contributed by atoms with Crippen LogP contribution in [-0.4, -0.2) is 40.7 Å². The van der Waals surface area contributed by atoms with Crippen molar-refractivity contribution in [3.8, 4) is 0 Å². The van der Waals surface area contributed by atoms with Gasteiger partial charge in [-0.1, -0.05) is 6.07 Å². The second-order valence-electron chi connectivity index (χ2n) is 7.08. The van der Waals surface area contributed by atoms with E-state index in [1.165, 1.54) is 11.3 Å². The molecule has 0 radical (unpaired) electrons. The summed E-state index contributed by atoms with van der Waals surface area (Å²) in [5.41, 5.74) is 2.11. The number of aryl methyl sites for hydroxylation is 1. The van der Waals surface area contributed by atoms with Crippen molar-refractivity contribution in [3.63, 3.8) is 0 Å². The molecule has 3 heterocycles. The van der Waals surface area contributed by atoms with Gasteiger partial charge in [0.1, 0.15) is 0 Å². The van der Waals surface area contributed by atoms with E-state index in [0.29, 0.717) is 5.92 Å². The van der Waals surface area contributed by atoms with Gasteiger partial charge < -0.3 is 15.3 Å². The third kappa shape index (κ3) is 3.59. The van der Waals surface area contributed by atoms with Gasteiger partial charge in [-0.25, -0.2) is 9.97 Å². The molecule has 0 saturated carbocycles. The van der Waals surface area contributed by atoms with Gasteiger partial charge in [0.15, 0.2) is 0 Å². The zero-order chi connectivity index (χ0) is 17.9. The molecule has 1 atom stereocenters. The van der Waals surface area contributed by atoms with Crippen LogP contribution in [-0.2, 0) is 6.42 Å². The number of fused-ring (bicyclic) bond motifs is 1. The minimum atomic E-state index is -0.0204. The molecular formula is C19H24N4O2S. The van der Waals surface area contributed by atoms with Crippen LogP contribution >= 0.6 is 11.3 Å². The number of carbonyl (C=O) groups is 1. The number of carbonyl (C=O) groups excluding carboxylic acids is 1. The molecule has 1 amide bonds. The molecule has 6 nitrogen and oxygen atoms in total. The molecule has 0 bridgehead atoms. The highest BCUT2D eigenvalue weighted by Crippen LogP contribution is 2.30. The summed E-state index contributed by atoms with van der Waals surface area (Å²) in [4.78, 5) is 24.7. The minimum Gasteiger partial charge on any atom is -0.396 e. The maximum absolute atomic E-state index is 12.4.